The fraction of sp³-hybridized carbons (Fsp3) is 0.263. The molecule has 0 aliphatic heterocycles. The topological polar surface area (TPSA) is 81.4 Å². The van der Waals surface area contributed by atoms with Crippen LogP contribution in [-0.4, -0.2) is 24.5 Å². The van der Waals surface area contributed by atoms with Crippen LogP contribution < -0.4 is 11.1 Å². The highest BCUT2D eigenvalue weighted by molar-refractivity contribution is 6.37. The van der Waals surface area contributed by atoms with Gasteiger partial charge in [0.05, 0.1) is 16.3 Å². The van der Waals surface area contributed by atoms with Gasteiger partial charge in [0.25, 0.3) is 5.91 Å². The lowest BCUT2D eigenvalue weighted by Gasteiger charge is -2.14. The fourth-order valence-corrected chi connectivity index (χ4v) is 2.87. The molecular formula is C19H20Cl2N2O3. The lowest BCUT2D eigenvalue weighted by molar-refractivity contribution is -0.124. The summed E-state index contributed by atoms with van der Waals surface area (Å²) in [5, 5.41) is 3.21. The van der Waals surface area contributed by atoms with Crippen LogP contribution in [0, 0.1) is 0 Å². The van der Waals surface area contributed by atoms with E-state index in [1.54, 1.807) is 0 Å². The number of aryl methyl sites for hydroxylation is 1. The number of amides is 1. The molecule has 2 aromatic carbocycles. The Kier molecular flexibility index (Phi) is 7.30. The zero-order valence-corrected chi connectivity index (χ0v) is 15.8. The second kappa shape index (κ2) is 9.46. The van der Waals surface area contributed by atoms with Gasteiger partial charge in [-0.3, -0.25) is 4.79 Å². The average molecular weight is 395 g/mol. The molecule has 0 heterocycles. The SMILES string of the molecule is C[C@@H](CCc1ccccc1)NC(=O)COC(=O)c1cc(Cl)cc(Cl)c1N. The molecule has 1 amide bonds. The van der Waals surface area contributed by atoms with E-state index in [2.05, 4.69) is 5.32 Å². The fourth-order valence-electron chi connectivity index (χ4n) is 2.38. The molecule has 7 heteroatoms. The van der Waals surface area contributed by atoms with E-state index >= 15 is 0 Å². The molecule has 0 radical (unpaired) electrons. The number of esters is 1. The van der Waals surface area contributed by atoms with Gasteiger partial charge in [-0.15, -0.1) is 0 Å². The van der Waals surface area contributed by atoms with Gasteiger partial charge in [-0.05, 0) is 37.5 Å². The molecule has 2 rings (SSSR count). The van der Waals surface area contributed by atoms with Crippen LogP contribution >= 0.6 is 23.2 Å². The first kappa shape index (κ1) is 20.1. The minimum absolute atomic E-state index is 0.0347. The Bertz CT molecular complexity index is 782. The van der Waals surface area contributed by atoms with Crippen LogP contribution in [0.3, 0.4) is 0 Å². The van der Waals surface area contributed by atoms with Gasteiger partial charge in [0.1, 0.15) is 0 Å². The predicted molar refractivity (Wildman–Crippen MR) is 104 cm³/mol. The van der Waals surface area contributed by atoms with Crippen LogP contribution in [0.2, 0.25) is 10.0 Å². The normalized spacial score (nSPS) is 11.7. The monoisotopic (exact) mass is 394 g/mol. The van der Waals surface area contributed by atoms with Crippen LogP contribution in [0.4, 0.5) is 5.69 Å². The van der Waals surface area contributed by atoms with Crippen molar-refractivity contribution in [3.63, 3.8) is 0 Å². The summed E-state index contributed by atoms with van der Waals surface area (Å²) in [4.78, 5) is 24.0. The molecule has 138 valence electrons. The van der Waals surface area contributed by atoms with E-state index in [9.17, 15) is 9.59 Å². The highest BCUT2D eigenvalue weighted by Gasteiger charge is 2.17. The second-order valence-corrected chi connectivity index (χ2v) is 6.76. The van der Waals surface area contributed by atoms with Crippen molar-refractivity contribution in [2.45, 2.75) is 25.8 Å². The Morgan fingerprint density at radius 3 is 2.58 bits per heavy atom. The zero-order chi connectivity index (χ0) is 19.1. The Labute approximate surface area is 162 Å². The Morgan fingerprint density at radius 2 is 1.88 bits per heavy atom. The van der Waals surface area contributed by atoms with Crippen LogP contribution in [0.1, 0.15) is 29.3 Å². The number of nitrogens with two attached hydrogens (primary N) is 1. The third-order valence-electron chi connectivity index (χ3n) is 3.76. The number of halogens is 2. The lowest BCUT2D eigenvalue weighted by atomic mass is 10.1. The molecular weight excluding hydrogens is 375 g/mol. The van der Waals surface area contributed by atoms with Gasteiger partial charge in [-0.1, -0.05) is 53.5 Å². The third-order valence-corrected chi connectivity index (χ3v) is 4.30. The van der Waals surface area contributed by atoms with Gasteiger partial charge in [0.2, 0.25) is 0 Å². The van der Waals surface area contributed by atoms with Gasteiger partial charge in [0, 0.05) is 11.1 Å². The lowest BCUT2D eigenvalue weighted by Crippen LogP contribution is -2.36. The maximum Gasteiger partial charge on any atom is 0.340 e. The van der Waals surface area contributed by atoms with Crippen LogP contribution in [0.15, 0.2) is 42.5 Å². The van der Waals surface area contributed by atoms with E-state index < -0.39 is 12.6 Å². The summed E-state index contributed by atoms with van der Waals surface area (Å²) in [6, 6.07) is 12.7. The number of nitrogens with one attached hydrogen (secondary N) is 1. The molecule has 0 fully saturated rings. The summed E-state index contributed by atoms with van der Waals surface area (Å²) in [7, 11) is 0. The minimum Gasteiger partial charge on any atom is -0.452 e. The van der Waals surface area contributed by atoms with E-state index in [1.165, 1.54) is 17.7 Å². The van der Waals surface area contributed by atoms with Crippen molar-refractivity contribution in [3.05, 3.63) is 63.6 Å². The van der Waals surface area contributed by atoms with E-state index in [-0.39, 0.29) is 33.2 Å². The van der Waals surface area contributed by atoms with Gasteiger partial charge < -0.3 is 15.8 Å². The first-order chi connectivity index (χ1) is 12.4. The number of rotatable bonds is 7. The third kappa shape index (κ3) is 5.93. The van der Waals surface area contributed by atoms with Gasteiger partial charge in [0.15, 0.2) is 6.61 Å². The minimum atomic E-state index is -0.751. The maximum absolute atomic E-state index is 12.1. The van der Waals surface area contributed by atoms with Crippen molar-refractivity contribution in [3.8, 4) is 0 Å². The first-order valence-corrected chi connectivity index (χ1v) is 8.87. The molecule has 0 saturated carbocycles. The number of benzene rings is 2. The van der Waals surface area contributed by atoms with E-state index in [1.807, 2.05) is 37.3 Å². The highest BCUT2D eigenvalue weighted by Crippen LogP contribution is 2.27. The molecule has 0 aliphatic carbocycles. The van der Waals surface area contributed by atoms with E-state index in [0.717, 1.165) is 12.8 Å². The summed E-state index contributed by atoms with van der Waals surface area (Å²) >= 11 is 11.7. The second-order valence-electron chi connectivity index (χ2n) is 5.92. The van der Waals surface area contributed by atoms with Crippen LogP contribution in [0.5, 0.6) is 0 Å². The van der Waals surface area contributed by atoms with Crippen LogP contribution in [-0.2, 0) is 16.0 Å². The first-order valence-electron chi connectivity index (χ1n) is 8.11. The summed E-state index contributed by atoms with van der Waals surface area (Å²) in [5.41, 5.74) is 7.05. The molecule has 0 bridgehead atoms. The standard InChI is InChI=1S/C19H20Cl2N2O3/c1-12(7-8-13-5-3-2-4-6-13)23-17(24)11-26-19(25)15-9-14(20)10-16(21)18(15)22/h2-6,9-10,12H,7-8,11,22H2,1H3,(H,23,24)/t12-/m0/s1. The Balaban J connectivity index is 1.80. The van der Waals surface area contributed by atoms with Gasteiger partial charge in [-0.25, -0.2) is 4.79 Å². The molecule has 0 spiro atoms. The number of hydrogen-bond acceptors (Lipinski definition) is 4. The molecule has 0 saturated heterocycles. The molecule has 26 heavy (non-hydrogen) atoms. The van der Waals surface area contributed by atoms with Crippen molar-refractivity contribution in [1.29, 1.82) is 0 Å². The summed E-state index contributed by atoms with van der Waals surface area (Å²) in [6.45, 7) is 1.50. The molecule has 0 unspecified atom stereocenters. The molecule has 2 aromatic rings. The van der Waals surface area contributed by atoms with Crippen molar-refractivity contribution in [2.24, 2.45) is 0 Å². The zero-order valence-electron chi connectivity index (χ0n) is 14.3. The highest BCUT2D eigenvalue weighted by atomic mass is 35.5. The molecule has 0 aliphatic rings. The smallest absolute Gasteiger partial charge is 0.340 e. The number of hydrogen-bond donors (Lipinski definition) is 2. The Hall–Kier alpha value is -2.24. The number of nitrogen functional groups attached to an aromatic ring is 1. The quantitative estimate of drug-likeness (QED) is 0.551. The number of anilines is 1. The summed E-state index contributed by atoms with van der Waals surface area (Å²) in [5.74, 6) is -1.13. The summed E-state index contributed by atoms with van der Waals surface area (Å²) in [6.07, 6.45) is 1.63. The average Bonchev–Trinajstić information content (AvgIpc) is 2.62. The molecule has 1 atom stereocenters. The van der Waals surface area contributed by atoms with Gasteiger partial charge >= 0.3 is 5.97 Å². The van der Waals surface area contributed by atoms with Crippen molar-refractivity contribution in [1.82, 2.24) is 5.32 Å². The van der Waals surface area contributed by atoms with Crippen molar-refractivity contribution in [2.75, 3.05) is 12.3 Å². The Morgan fingerprint density at radius 1 is 1.19 bits per heavy atom. The van der Waals surface area contributed by atoms with Crippen LogP contribution in [0.25, 0.3) is 0 Å². The van der Waals surface area contributed by atoms with Crippen molar-refractivity contribution < 1.29 is 14.3 Å². The molecule has 5 nitrogen and oxygen atoms in total. The van der Waals surface area contributed by atoms with E-state index in [0.29, 0.717) is 0 Å². The van der Waals surface area contributed by atoms with Crippen molar-refractivity contribution >= 4 is 40.8 Å². The number of carbonyl (C=O) groups excluding carboxylic acids is 2. The molecule has 3 N–H and O–H groups in total. The predicted octanol–water partition coefficient (Wildman–Crippen LogP) is 3.87. The largest absolute Gasteiger partial charge is 0.452 e. The molecule has 0 aromatic heterocycles. The maximum atomic E-state index is 12.1. The van der Waals surface area contributed by atoms with E-state index in [4.69, 9.17) is 33.7 Å². The number of carbonyl (C=O) groups is 2. The van der Waals surface area contributed by atoms with Gasteiger partial charge in [-0.2, -0.15) is 0 Å². The summed E-state index contributed by atoms with van der Waals surface area (Å²) < 4.78 is 5.00. The number of ether oxygens (including phenoxy) is 1.